The van der Waals surface area contributed by atoms with Crippen molar-refractivity contribution in [3.63, 3.8) is 0 Å². The Morgan fingerprint density at radius 1 is 1.32 bits per heavy atom. The molecule has 0 aromatic heterocycles. The molecule has 0 aliphatic heterocycles. The van der Waals surface area contributed by atoms with E-state index >= 15 is 0 Å². The summed E-state index contributed by atoms with van der Waals surface area (Å²) in [5.74, 6) is 0.0302. The van der Waals surface area contributed by atoms with Crippen LogP contribution in [0.5, 0.6) is 0 Å². The molecule has 0 heterocycles. The maximum absolute atomic E-state index is 12.2. The van der Waals surface area contributed by atoms with Crippen LogP contribution in [-0.4, -0.2) is 5.91 Å². The number of allylic oxidation sites excluding steroid dienone is 1. The number of anilines is 1. The first-order valence-electron chi connectivity index (χ1n) is 5.91. The summed E-state index contributed by atoms with van der Waals surface area (Å²) < 4.78 is 1.36. The number of carbonyl (C=O) groups is 1. The van der Waals surface area contributed by atoms with Crippen LogP contribution >= 0.6 is 45.8 Å². The highest BCUT2D eigenvalue weighted by Crippen LogP contribution is 2.59. The number of halogens is 3. The lowest BCUT2D eigenvalue weighted by atomic mass is 10.1. The van der Waals surface area contributed by atoms with Crippen molar-refractivity contribution in [1.29, 1.82) is 0 Å². The minimum absolute atomic E-state index is 0.0158. The predicted molar refractivity (Wildman–Crippen MR) is 88.3 cm³/mol. The van der Waals surface area contributed by atoms with Crippen LogP contribution in [0.3, 0.4) is 0 Å². The summed E-state index contributed by atoms with van der Waals surface area (Å²) in [5, 5.41) is 2.93. The van der Waals surface area contributed by atoms with E-state index in [9.17, 15) is 4.79 Å². The zero-order chi connectivity index (χ0) is 14.2. The van der Waals surface area contributed by atoms with E-state index < -0.39 is 0 Å². The van der Waals surface area contributed by atoms with Crippen molar-refractivity contribution in [2.75, 3.05) is 5.32 Å². The molecule has 19 heavy (non-hydrogen) atoms. The largest absolute Gasteiger partial charge is 0.326 e. The average Bonchev–Trinajstić information content (AvgIpc) is 2.83. The molecule has 2 rings (SSSR count). The van der Waals surface area contributed by atoms with Gasteiger partial charge in [-0.3, -0.25) is 4.79 Å². The lowest BCUT2D eigenvalue weighted by molar-refractivity contribution is -0.118. The van der Waals surface area contributed by atoms with Crippen molar-refractivity contribution in [3.05, 3.63) is 38.4 Å². The second-order valence-corrected chi connectivity index (χ2v) is 7.53. The van der Waals surface area contributed by atoms with E-state index in [1.54, 1.807) is 6.08 Å². The van der Waals surface area contributed by atoms with Crippen molar-refractivity contribution < 1.29 is 4.79 Å². The lowest BCUT2D eigenvalue weighted by Crippen LogP contribution is -2.16. The molecule has 1 fully saturated rings. The Morgan fingerprint density at radius 2 is 1.89 bits per heavy atom. The van der Waals surface area contributed by atoms with E-state index in [0.717, 1.165) is 9.26 Å². The molecule has 0 unspecified atom stereocenters. The number of carbonyl (C=O) groups excluding carboxylic acids is 1. The maximum atomic E-state index is 12.2. The summed E-state index contributed by atoms with van der Waals surface area (Å²) in [6, 6.07) is 7.71. The van der Waals surface area contributed by atoms with Crippen LogP contribution in [0.15, 0.2) is 34.8 Å². The van der Waals surface area contributed by atoms with Gasteiger partial charge in [0, 0.05) is 9.26 Å². The van der Waals surface area contributed by atoms with Crippen molar-refractivity contribution in [2.45, 2.75) is 13.8 Å². The Kier molecular flexibility index (Phi) is 4.48. The molecule has 1 aliphatic carbocycles. The van der Waals surface area contributed by atoms with Gasteiger partial charge in [0.25, 0.3) is 0 Å². The van der Waals surface area contributed by atoms with Crippen LogP contribution in [0.4, 0.5) is 5.69 Å². The molecular formula is C14H14Cl2INO. The molecule has 0 saturated heterocycles. The second-order valence-electron chi connectivity index (χ2n) is 5.28. The van der Waals surface area contributed by atoms with Crippen molar-refractivity contribution in [3.8, 4) is 0 Å². The van der Waals surface area contributed by atoms with Gasteiger partial charge in [-0.15, -0.1) is 0 Å². The fourth-order valence-electron chi connectivity index (χ4n) is 2.38. The first-order chi connectivity index (χ1) is 8.82. The van der Waals surface area contributed by atoms with E-state index in [1.807, 2.05) is 38.1 Å². The number of hydrogen-bond acceptors (Lipinski definition) is 1. The smallest absolute Gasteiger partial charge is 0.228 e. The third-order valence-electron chi connectivity index (χ3n) is 3.61. The van der Waals surface area contributed by atoms with Gasteiger partial charge >= 0.3 is 0 Å². The fraction of sp³-hybridized carbons (Fsp3) is 0.357. The second kappa shape index (κ2) is 5.62. The van der Waals surface area contributed by atoms with E-state index in [-0.39, 0.29) is 27.6 Å². The Labute approximate surface area is 136 Å². The summed E-state index contributed by atoms with van der Waals surface area (Å²) in [6.45, 7) is 4.09. The maximum Gasteiger partial charge on any atom is 0.228 e. The fourth-order valence-corrected chi connectivity index (χ4v) is 3.01. The summed E-state index contributed by atoms with van der Waals surface area (Å²) in [5.41, 5.74) is 0.718. The van der Waals surface area contributed by atoms with Gasteiger partial charge in [0.1, 0.15) is 4.49 Å². The predicted octanol–water partition coefficient (Wildman–Crippen LogP) is 4.82. The molecule has 2 nitrogen and oxygen atoms in total. The van der Waals surface area contributed by atoms with Gasteiger partial charge in [-0.2, -0.15) is 0 Å². The Balaban J connectivity index is 2.05. The molecule has 0 radical (unpaired) electrons. The van der Waals surface area contributed by atoms with Gasteiger partial charge in [-0.05, 0) is 64.3 Å². The molecule has 5 heteroatoms. The van der Waals surface area contributed by atoms with E-state index in [2.05, 4.69) is 27.9 Å². The highest BCUT2D eigenvalue weighted by atomic mass is 127. The van der Waals surface area contributed by atoms with Crippen LogP contribution in [0.25, 0.3) is 0 Å². The standard InChI is InChI=1S/C14H14Cl2INO/c1-14(2)10(7-11(15)16)12(14)13(19)18-9-5-3-8(17)4-6-9/h3-7,10,12H,1-2H3,(H,18,19)/t10-,12+/m0/s1. The number of hydrogen-bond donors (Lipinski definition) is 1. The Bertz CT molecular complexity index is 521. The van der Waals surface area contributed by atoms with Crippen LogP contribution in [0, 0.1) is 20.8 Å². The highest BCUT2D eigenvalue weighted by Gasteiger charge is 2.60. The summed E-state index contributed by atoms with van der Waals surface area (Å²) in [4.78, 5) is 12.2. The zero-order valence-electron chi connectivity index (χ0n) is 10.6. The van der Waals surface area contributed by atoms with Gasteiger partial charge in [-0.1, -0.05) is 37.0 Å². The van der Waals surface area contributed by atoms with Crippen LogP contribution in [0.1, 0.15) is 13.8 Å². The van der Waals surface area contributed by atoms with Gasteiger partial charge in [0.05, 0.1) is 5.92 Å². The van der Waals surface area contributed by atoms with Crippen LogP contribution < -0.4 is 5.32 Å². The highest BCUT2D eigenvalue weighted by molar-refractivity contribution is 14.1. The summed E-state index contributed by atoms with van der Waals surface area (Å²) >= 11 is 13.6. The molecule has 1 aromatic carbocycles. The normalized spacial score (nSPS) is 23.6. The third kappa shape index (κ3) is 3.44. The van der Waals surface area contributed by atoms with Crippen LogP contribution in [-0.2, 0) is 4.79 Å². The molecule has 1 N–H and O–H groups in total. The number of rotatable bonds is 3. The molecule has 0 bridgehead atoms. The molecule has 1 aliphatic rings. The number of nitrogens with one attached hydrogen (secondary N) is 1. The molecule has 1 amide bonds. The minimum Gasteiger partial charge on any atom is -0.326 e. The van der Waals surface area contributed by atoms with Gasteiger partial charge in [-0.25, -0.2) is 0 Å². The van der Waals surface area contributed by atoms with Crippen molar-refractivity contribution in [2.24, 2.45) is 17.3 Å². The minimum atomic E-state index is -0.0949. The molecule has 0 spiro atoms. The number of amides is 1. The van der Waals surface area contributed by atoms with Crippen molar-refractivity contribution in [1.82, 2.24) is 0 Å². The van der Waals surface area contributed by atoms with Gasteiger partial charge < -0.3 is 5.32 Å². The first kappa shape index (κ1) is 15.1. The monoisotopic (exact) mass is 409 g/mol. The van der Waals surface area contributed by atoms with Gasteiger partial charge in [0.2, 0.25) is 5.91 Å². The van der Waals surface area contributed by atoms with E-state index in [4.69, 9.17) is 23.2 Å². The third-order valence-corrected chi connectivity index (χ3v) is 4.58. The quantitative estimate of drug-likeness (QED) is 0.712. The Hall–Kier alpha value is -0.260. The molecule has 2 atom stereocenters. The Morgan fingerprint density at radius 3 is 2.42 bits per heavy atom. The topological polar surface area (TPSA) is 29.1 Å². The van der Waals surface area contributed by atoms with E-state index in [1.165, 1.54) is 0 Å². The van der Waals surface area contributed by atoms with E-state index in [0.29, 0.717) is 0 Å². The van der Waals surface area contributed by atoms with Crippen molar-refractivity contribution >= 4 is 57.4 Å². The summed E-state index contributed by atoms with van der Waals surface area (Å²) in [6.07, 6.45) is 1.75. The average molecular weight is 410 g/mol. The molecule has 1 aromatic rings. The van der Waals surface area contributed by atoms with Gasteiger partial charge in [0.15, 0.2) is 0 Å². The SMILES string of the molecule is CC1(C)[C@@H](C=C(Cl)Cl)[C@@H]1C(=O)Nc1ccc(I)cc1. The summed E-state index contributed by atoms with van der Waals surface area (Å²) in [7, 11) is 0. The first-order valence-corrected chi connectivity index (χ1v) is 7.75. The molecular weight excluding hydrogens is 396 g/mol. The molecule has 102 valence electrons. The molecule has 1 saturated carbocycles. The zero-order valence-corrected chi connectivity index (χ0v) is 14.3. The van der Waals surface area contributed by atoms with Crippen LogP contribution in [0.2, 0.25) is 0 Å². The lowest BCUT2D eigenvalue weighted by Gasteiger charge is -2.06. The number of benzene rings is 1.